The first-order valence-corrected chi connectivity index (χ1v) is 7.67. The van der Waals surface area contributed by atoms with Crippen LogP contribution in [-0.4, -0.2) is 21.9 Å². The highest BCUT2D eigenvalue weighted by molar-refractivity contribution is 5.55. The van der Waals surface area contributed by atoms with Gasteiger partial charge in [-0.1, -0.05) is 23.4 Å². The molecule has 0 saturated heterocycles. The molecule has 0 fully saturated rings. The van der Waals surface area contributed by atoms with Gasteiger partial charge in [-0.2, -0.15) is 4.98 Å². The summed E-state index contributed by atoms with van der Waals surface area (Å²) in [5.41, 5.74) is 1.55. The van der Waals surface area contributed by atoms with Crippen molar-refractivity contribution in [1.82, 2.24) is 10.1 Å². The van der Waals surface area contributed by atoms with Crippen molar-refractivity contribution in [2.24, 2.45) is 0 Å². The molecule has 0 aliphatic heterocycles. The van der Waals surface area contributed by atoms with Crippen molar-refractivity contribution in [1.29, 1.82) is 0 Å². The Hall–Kier alpha value is -2.86. The van der Waals surface area contributed by atoms with Gasteiger partial charge in [0.15, 0.2) is 6.61 Å². The largest absolute Gasteiger partial charge is 0.494 e. The first-order valence-electron chi connectivity index (χ1n) is 7.67. The van der Waals surface area contributed by atoms with Crippen LogP contribution in [0, 0.1) is 0 Å². The molecule has 1 N–H and O–H groups in total. The van der Waals surface area contributed by atoms with Gasteiger partial charge in [-0.25, -0.2) is 0 Å². The summed E-state index contributed by atoms with van der Waals surface area (Å²) in [6, 6.07) is 14.8. The zero-order valence-electron chi connectivity index (χ0n) is 13.3. The number of aliphatic hydroxyl groups excluding tert-OH is 1. The third-order valence-electron chi connectivity index (χ3n) is 3.39. The SMILES string of the molecule is CCOc1ccc(-c2noc(COc3ccccc3CO)n2)cc1. The van der Waals surface area contributed by atoms with E-state index in [1.54, 1.807) is 12.1 Å². The number of rotatable bonds is 7. The molecule has 0 aliphatic rings. The highest BCUT2D eigenvalue weighted by atomic mass is 16.5. The van der Waals surface area contributed by atoms with Gasteiger partial charge in [0.1, 0.15) is 11.5 Å². The number of ether oxygens (including phenoxy) is 2. The third-order valence-corrected chi connectivity index (χ3v) is 3.39. The summed E-state index contributed by atoms with van der Waals surface area (Å²) >= 11 is 0. The Labute approximate surface area is 139 Å². The summed E-state index contributed by atoms with van der Waals surface area (Å²) < 4.78 is 16.3. The fraction of sp³-hybridized carbons (Fsp3) is 0.222. The van der Waals surface area contributed by atoms with Crippen LogP contribution in [0.5, 0.6) is 11.5 Å². The fourth-order valence-corrected chi connectivity index (χ4v) is 2.21. The number of hydrogen-bond acceptors (Lipinski definition) is 6. The van der Waals surface area contributed by atoms with E-state index in [1.165, 1.54) is 0 Å². The lowest BCUT2D eigenvalue weighted by Crippen LogP contribution is -1.99. The topological polar surface area (TPSA) is 77.6 Å². The third kappa shape index (κ3) is 3.72. The molecule has 0 unspecified atom stereocenters. The Kier molecular flexibility index (Phi) is 5.08. The Balaban J connectivity index is 1.67. The molecule has 0 radical (unpaired) electrons. The van der Waals surface area contributed by atoms with Gasteiger partial charge in [0.05, 0.1) is 13.2 Å². The van der Waals surface area contributed by atoms with Crippen LogP contribution in [-0.2, 0) is 13.2 Å². The molecule has 2 aromatic carbocycles. The van der Waals surface area contributed by atoms with E-state index < -0.39 is 0 Å². The van der Waals surface area contributed by atoms with E-state index in [4.69, 9.17) is 14.0 Å². The maximum Gasteiger partial charge on any atom is 0.264 e. The van der Waals surface area contributed by atoms with Gasteiger partial charge >= 0.3 is 0 Å². The Morgan fingerprint density at radius 2 is 1.83 bits per heavy atom. The van der Waals surface area contributed by atoms with Crippen LogP contribution >= 0.6 is 0 Å². The van der Waals surface area contributed by atoms with Crippen molar-refractivity contribution < 1.29 is 19.1 Å². The zero-order chi connectivity index (χ0) is 16.8. The van der Waals surface area contributed by atoms with Crippen LogP contribution in [0.25, 0.3) is 11.4 Å². The van der Waals surface area contributed by atoms with Crippen molar-refractivity contribution in [3.05, 3.63) is 60.0 Å². The first-order chi connectivity index (χ1) is 11.8. The number of nitrogens with zero attached hydrogens (tertiary/aromatic N) is 2. The van der Waals surface area contributed by atoms with E-state index in [2.05, 4.69) is 10.1 Å². The van der Waals surface area contributed by atoms with Crippen molar-refractivity contribution in [3.63, 3.8) is 0 Å². The van der Waals surface area contributed by atoms with Gasteiger partial charge in [0.2, 0.25) is 5.82 Å². The van der Waals surface area contributed by atoms with E-state index >= 15 is 0 Å². The number of hydrogen-bond donors (Lipinski definition) is 1. The minimum Gasteiger partial charge on any atom is -0.494 e. The standard InChI is InChI=1S/C18H18N2O4/c1-2-22-15-9-7-13(8-10-15)18-19-17(24-20-18)12-23-16-6-4-3-5-14(16)11-21/h3-10,21H,2,11-12H2,1H3. The Morgan fingerprint density at radius 3 is 2.58 bits per heavy atom. The molecule has 124 valence electrons. The van der Waals surface area contributed by atoms with Crippen LogP contribution in [0.2, 0.25) is 0 Å². The summed E-state index contributed by atoms with van der Waals surface area (Å²) in [5, 5.41) is 13.2. The van der Waals surface area contributed by atoms with E-state index in [0.29, 0.717) is 29.6 Å². The van der Waals surface area contributed by atoms with Gasteiger partial charge in [-0.15, -0.1) is 0 Å². The van der Waals surface area contributed by atoms with Gasteiger partial charge < -0.3 is 19.1 Å². The van der Waals surface area contributed by atoms with Crippen molar-refractivity contribution in [2.45, 2.75) is 20.1 Å². The lowest BCUT2D eigenvalue weighted by atomic mass is 10.2. The normalized spacial score (nSPS) is 10.6. The molecular weight excluding hydrogens is 308 g/mol. The van der Waals surface area contributed by atoms with Gasteiger partial charge in [-0.3, -0.25) is 0 Å². The summed E-state index contributed by atoms with van der Waals surface area (Å²) in [6.45, 7) is 2.62. The van der Waals surface area contributed by atoms with Crippen LogP contribution < -0.4 is 9.47 Å². The molecule has 0 bridgehead atoms. The fourth-order valence-electron chi connectivity index (χ4n) is 2.21. The Morgan fingerprint density at radius 1 is 1.04 bits per heavy atom. The lowest BCUT2D eigenvalue weighted by molar-refractivity contribution is 0.229. The van der Waals surface area contributed by atoms with E-state index in [9.17, 15) is 5.11 Å². The first kappa shape index (κ1) is 16.0. The molecule has 3 rings (SSSR count). The molecule has 6 heteroatoms. The smallest absolute Gasteiger partial charge is 0.264 e. The molecule has 0 atom stereocenters. The maximum atomic E-state index is 9.29. The molecule has 0 spiro atoms. The maximum absolute atomic E-state index is 9.29. The molecule has 24 heavy (non-hydrogen) atoms. The highest BCUT2D eigenvalue weighted by Crippen LogP contribution is 2.22. The molecule has 3 aromatic rings. The molecule has 0 aliphatic carbocycles. The second-order valence-electron chi connectivity index (χ2n) is 5.02. The number of benzene rings is 2. The second kappa shape index (κ2) is 7.61. The summed E-state index contributed by atoms with van der Waals surface area (Å²) in [4.78, 5) is 4.32. The number of aromatic nitrogens is 2. The second-order valence-corrected chi connectivity index (χ2v) is 5.02. The molecule has 0 amide bonds. The minimum absolute atomic E-state index is 0.0859. The average Bonchev–Trinajstić information content (AvgIpc) is 3.10. The predicted molar refractivity (Wildman–Crippen MR) is 87.6 cm³/mol. The molecule has 1 heterocycles. The van der Waals surface area contributed by atoms with Crippen LogP contribution in [0.4, 0.5) is 0 Å². The predicted octanol–water partition coefficient (Wildman–Crippen LogP) is 3.21. The highest BCUT2D eigenvalue weighted by Gasteiger charge is 2.10. The van der Waals surface area contributed by atoms with Crippen LogP contribution in [0.3, 0.4) is 0 Å². The molecule has 0 saturated carbocycles. The zero-order valence-corrected chi connectivity index (χ0v) is 13.3. The van der Waals surface area contributed by atoms with E-state index in [-0.39, 0.29) is 13.2 Å². The van der Waals surface area contributed by atoms with Crippen LogP contribution in [0.1, 0.15) is 18.4 Å². The Bertz CT molecular complexity index is 784. The summed E-state index contributed by atoms with van der Waals surface area (Å²) in [5.74, 6) is 2.26. The molecule has 1 aromatic heterocycles. The van der Waals surface area contributed by atoms with Gasteiger partial charge in [0.25, 0.3) is 5.89 Å². The quantitative estimate of drug-likeness (QED) is 0.718. The average molecular weight is 326 g/mol. The summed E-state index contributed by atoms with van der Waals surface area (Å²) in [7, 11) is 0. The van der Waals surface area contributed by atoms with E-state index in [0.717, 1.165) is 11.3 Å². The van der Waals surface area contributed by atoms with Crippen LogP contribution in [0.15, 0.2) is 53.1 Å². The minimum atomic E-state index is -0.0859. The number of para-hydroxylation sites is 1. The summed E-state index contributed by atoms with van der Waals surface area (Å²) in [6.07, 6.45) is 0. The number of aliphatic hydroxyl groups is 1. The molecule has 6 nitrogen and oxygen atoms in total. The van der Waals surface area contributed by atoms with E-state index in [1.807, 2.05) is 43.3 Å². The van der Waals surface area contributed by atoms with Gasteiger partial charge in [-0.05, 0) is 37.3 Å². The van der Waals surface area contributed by atoms with Crippen molar-refractivity contribution >= 4 is 0 Å². The monoisotopic (exact) mass is 326 g/mol. The van der Waals surface area contributed by atoms with Crippen molar-refractivity contribution in [2.75, 3.05) is 6.61 Å². The van der Waals surface area contributed by atoms with Gasteiger partial charge in [0, 0.05) is 11.1 Å². The molecular formula is C18H18N2O4. The lowest BCUT2D eigenvalue weighted by Gasteiger charge is -2.07. The van der Waals surface area contributed by atoms with Crippen molar-refractivity contribution in [3.8, 4) is 22.9 Å².